The number of sulfonamides is 1. The molecule has 0 unspecified atom stereocenters. The van der Waals surface area contributed by atoms with Crippen LogP contribution in [0.3, 0.4) is 0 Å². The van der Waals surface area contributed by atoms with Gasteiger partial charge in [-0.1, -0.05) is 0 Å². The van der Waals surface area contributed by atoms with Gasteiger partial charge in [0, 0.05) is 13.1 Å². The standard InChI is InChI=1S/C14H18N4O5S/c1-3-18(4-2)12(19)8-15-24(22,23)9-5-6-11-10(7-9)13(20)17-14(21)16-11/h5-7,15H,3-4,8H2,1-2H3,(H2,16,17,20,21). The minimum absolute atomic E-state index is 0.0348. The number of H-pyrrole nitrogens is 2. The third-order valence-corrected chi connectivity index (χ3v) is 4.95. The zero-order valence-electron chi connectivity index (χ0n) is 13.3. The highest BCUT2D eigenvalue weighted by Crippen LogP contribution is 2.13. The molecule has 130 valence electrons. The monoisotopic (exact) mass is 354 g/mol. The molecule has 0 aliphatic rings. The average molecular weight is 354 g/mol. The second kappa shape index (κ2) is 6.97. The van der Waals surface area contributed by atoms with Gasteiger partial charge in [0.05, 0.1) is 22.3 Å². The Bertz CT molecular complexity index is 973. The van der Waals surface area contributed by atoms with Crippen molar-refractivity contribution >= 4 is 26.8 Å². The highest BCUT2D eigenvalue weighted by atomic mass is 32.2. The molecule has 24 heavy (non-hydrogen) atoms. The predicted octanol–water partition coefficient (Wildman–Crippen LogP) is -0.637. The predicted molar refractivity (Wildman–Crippen MR) is 88.3 cm³/mol. The molecule has 0 bridgehead atoms. The van der Waals surface area contributed by atoms with Gasteiger partial charge in [0.1, 0.15) is 0 Å². The summed E-state index contributed by atoms with van der Waals surface area (Å²) in [4.78, 5) is 40.6. The molecule has 2 aromatic rings. The van der Waals surface area contributed by atoms with Gasteiger partial charge in [-0.25, -0.2) is 17.9 Å². The third kappa shape index (κ3) is 3.71. The van der Waals surface area contributed by atoms with Gasteiger partial charge in [-0.2, -0.15) is 0 Å². The Balaban J connectivity index is 2.30. The second-order valence-corrected chi connectivity index (χ2v) is 6.77. The lowest BCUT2D eigenvalue weighted by Crippen LogP contribution is -2.40. The van der Waals surface area contributed by atoms with Crippen molar-refractivity contribution in [2.24, 2.45) is 0 Å². The Morgan fingerprint density at radius 3 is 2.46 bits per heavy atom. The van der Waals surface area contributed by atoms with E-state index in [2.05, 4.69) is 9.71 Å². The van der Waals surface area contributed by atoms with E-state index in [0.717, 1.165) is 6.07 Å². The Morgan fingerprint density at radius 2 is 1.83 bits per heavy atom. The van der Waals surface area contributed by atoms with Gasteiger partial charge in [-0.05, 0) is 32.0 Å². The maximum atomic E-state index is 12.3. The summed E-state index contributed by atoms with van der Waals surface area (Å²) in [6, 6.07) is 3.73. The lowest BCUT2D eigenvalue weighted by atomic mass is 10.2. The molecule has 0 saturated heterocycles. The van der Waals surface area contributed by atoms with Crippen LogP contribution in [0.1, 0.15) is 13.8 Å². The van der Waals surface area contributed by atoms with E-state index in [1.807, 2.05) is 4.98 Å². The fraction of sp³-hybridized carbons (Fsp3) is 0.357. The van der Waals surface area contributed by atoms with Crippen LogP contribution in [-0.4, -0.2) is 48.8 Å². The maximum absolute atomic E-state index is 12.3. The molecule has 0 spiro atoms. The van der Waals surface area contributed by atoms with Crippen molar-refractivity contribution in [3.05, 3.63) is 39.0 Å². The van der Waals surface area contributed by atoms with Crippen LogP contribution in [0.15, 0.2) is 32.7 Å². The zero-order valence-corrected chi connectivity index (χ0v) is 14.1. The molecule has 1 aromatic heterocycles. The van der Waals surface area contributed by atoms with Crippen molar-refractivity contribution in [1.82, 2.24) is 19.6 Å². The Labute approximate surface area is 137 Å². The number of aromatic nitrogens is 2. The molecule has 0 saturated carbocycles. The van der Waals surface area contributed by atoms with Crippen molar-refractivity contribution in [2.45, 2.75) is 18.7 Å². The van der Waals surface area contributed by atoms with E-state index in [1.54, 1.807) is 13.8 Å². The van der Waals surface area contributed by atoms with Gasteiger partial charge in [0.2, 0.25) is 15.9 Å². The van der Waals surface area contributed by atoms with Crippen LogP contribution < -0.4 is 16.0 Å². The molecule has 10 heteroatoms. The number of aromatic amines is 2. The zero-order chi connectivity index (χ0) is 17.9. The fourth-order valence-electron chi connectivity index (χ4n) is 2.24. The molecule has 1 heterocycles. The first kappa shape index (κ1) is 17.9. The highest BCUT2D eigenvalue weighted by Gasteiger charge is 2.18. The van der Waals surface area contributed by atoms with Crippen molar-refractivity contribution in [3.8, 4) is 0 Å². The Kier molecular flexibility index (Phi) is 5.20. The number of carbonyl (C=O) groups is 1. The fourth-order valence-corrected chi connectivity index (χ4v) is 3.24. The molecule has 1 amide bonds. The van der Waals surface area contributed by atoms with Crippen LogP contribution >= 0.6 is 0 Å². The van der Waals surface area contributed by atoms with Gasteiger partial charge in [0.15, 0.2) is 0 Å². The van der Waals surface area contributed by atoms with Gasteiger partial charge in [0.25, 0.3) is 5.56 Å². The number of rotatable bonds is 6. The minimum atomic E-state index is -3.97. The molecule has 0 aliphatic carbocycles. The quantitative estimate of drug-likeness (QED) is 0.635. The minimum Gasteiger partial charge on any atom is -0.342 e. The van der Waals surface area contributed by atoms with Gasteiger partial charge in [-0.15, -0.1) is 0 Å². The highest BCUT2D eigenvalue weighted by molar-refractivity contribution is 7.89. The molecule has 0 fully saturated rings. The number of hydrogen-bond acceptors (Lipinski definition) is 5. The summed E-state index contributed by atoms with van der Waals surface area (Å²) < 4.78 is 26.8. The summed E-state index contributed by atoms with van der Waals surface area (Å²) in [7, 11) is -3.97. The van der Waals surface area contributed by atoms with Gasteiger partial charge < -0.3 is 9.88 Å². The smallest absolute Gasteiger partial charge is 0.326 e. The van der Waals surface area contributed by atoms with E-state index in [9.17, 15) is 22.8 Å². The number of amides is 1. The van der Waals surface area contributed by atoms with Crippen molar-refractivity contribution in [3.63, 3.8) is 0 Å². The van der Waals surface area contributed by atoms with Crippen LogP contribution in [-0.2, 0) is 14.8 Å². The van der Waals surface area contributed by atoms with Crippen LogP contribution in [0.2, 0.25) is 0 Å². The van der Waals surface area contributed by atoms with Gasteiger partial charge in [-0.3, -0.25) is 14.6 Å². The maximum Gasteiger partial charge on any atom is 0.326 e. The number of likely N-dealkylation sites (N-methyl/N-ethyl adjacent to an activating group) is 1. The van der Waals surface area contributed by atoms with Crippen LogP contribution in [0, 0.1) is 0 Å². The number of nitrogens with one attached hydrogen (secondary N) is 3. The van der Waals surface area contributed by atoms with E-state index >= 15 is 0 Å². The molecule has 3 N–H and O–H groups in total. The molecule has 2 rings (SSSR count). The summed E-state index contributed by atoms with van der Waals surface area (Å²) in [5.74, 6) is -0.341. The van der Waals surface area contributed by atoms with Crippen molar-refractivity contribution < 1.29 is 13.2 Å². The molecular formula is C14H18N4O5S. The van der Waals surface area contributed by atoms with E-state index in [0.29, 0.717) is 13.1 Å². The summed E-state index contributed by atoms with van der Waals surface area (Å²) >= 11 is 0. The number of benzene rings is 1. The summed E-state index contributed by atoms with van der Waals surface area (Å²) in [5.41, 5.74) is -1.14. The van der Waals surface area contributed by atoms with E-state index < -0.39 is 21.3 Å². The largest absolute Gasteiger partial charge is 0.342 e. The number of fused-ring (bicyclic) bond motifs is 1. The number of nitrogens with zero attached hydrogens (tertiary/aromatic N) is 1. The van der Waals surface area contributed by atoms with Gasteiger partial charge >= 0.3 is 5.69 Å². The van der Waals surface area contributed by atoms with E-state index in [1.165, 1.54) is 17.0 Å². The first-order valence-electron chi connectivity index (χ1n) is 7.32. The molecule has 9 nitrogen and oxygen atoms in total. The van der Waals surface area contributed by atoms with Crippen molar-refractivity contribution in [1.29, 1.82) is 0 Å². The third-order valence-electron chi connectivity index (χ3n) is 3.55. The summed E-state index contributed by atoms with van der Waals surface area (Å²) in [6.45, 7) is 4.19. The van der Waals surface area contributed by atoms with E-state index in [4.69, 9.17) is 0 Å². The molecular weight excluding hydrogens is 336 g/mol. The second-order valence-electron chi connectivity index (χ2n) is 5.01. The first-order chi connectivity index (χ1) is 11.3. The van der Waals surface area contributed by atoms with E-state index in [-0.39, 0.29) is 28.3 Å². The average Bonchev–Trinajstić information content (AvgIpc) is 2.53. The topological polar surface area (TPSA) is 132 Å². The lowest BCUT2D eigenvalue weighted by Gasteiger charge is -2.18. The molecule has 1 aromatic carbocycles. The Hall–Kier alpha value is -2.46. The summed E-state index contributed by atoms with van der Waals surface area (Å²) in [5, 5.41) is 0.0348. The molecule has 0 atom stereocenters. The SMILES string of the molecule is CCN(CC)C(=O)CNS(=O)(=O)c1ccc2[nH]c(=O)[nH]c(=O)c2c1. The molecule has 0 radical (unpaired) electrons. The Morgan fingerprint density at radius 1 is 1.17 bits per heavy atom. The molecule has 0 aliphatic heterocycles. The number of hydrogen-bond donors (Lipinski definition) is 3. The van der Waals surface area contributed by atoms with Crippen LogP contribution in [0.5, 0.6) is 0 Å². The van der Waals surface area contributed by atoms with Crippen LogP contribution in [0.4, 0.5) is 0 Å². The lowest BCUT2D eigenvalue weighted by molar-refractivity contribution is -0.129. The van der Waals surface area contributed by atoms with Crippen molar-refractivity contribution in [2.75, 3.05) is 19.6 Å². The summed E-state index contributed by atoms with van der Waals surface area (Å²) in [6.07, 6.45) is 0. The first-order valence-corrected chi connectivity index (χ1v) is 8.80. The normalized spacial score (nSPS) is 11.6. The van der Waals surface area contributed by atoms with Crippen LogP contribution in [0.25, 0.3) is 10.9 Å². The number of carbonyl (C=O) groups excluding carboxylic acids is 1.